The number of fused-ring (bicyclic) bond motifs is 4. The lowest BCUT2D eigenvalue weighted by atomic mass is 9.72. The van der Waals surface area contributed by atoms with Crippen molar-refractivity contribution in [1.29, 1.82) is 0 Å². The molecule has 3 aliphatic heterocycles. The molecule has 1 spiro atoms. The summed E-state index contributed by atoms with van der Waals surface area (Å²) in [6.07, 6.45) is -0.545. The Bertz CT molecular complexity index is 1960. The largest absolute Gasteiger partial charge is 0.493 e. The van der Waals surface area contributed by atoms with Gasteiger partial charge in [-0.3, -0.25) is 9.59 Å². The molecule has 0 radical (unpaired) electrons. The van der Waals surface area contributed by atoms with Crippen molar-refractivity contribution in [1.82, 2.24) is 15.6 Å². The van der Waals surface area contributed by atoms with E-state index in [0.29, 0.717) is 23.0 Å². The number of para-hydroxylation sites is 1. The summed E-state index contributed by atoms with van der Waals surface area (Å²) in [5.41, 5.74) is 2.15. The molecule has 3 aromatic carbocycles. The molecule has 7 rings (SSSR count). The van der Waals surface area contributed by atoms with E-state index >= 15 is 0 Å². The van der Waals surface area contributed by atoms with Gasteiger partial charge in [0.1, 0.15) is 23.2 Å². The van der Waals surface area contributed by atoms with Gasteiger partial charge < -0.3 is 44.1 Å². The molecule has 254 valence electrons. The average Bonchev–Trinajstić information content (AvgIpc) is 3.77. The summed E-state index contributed by atoms with van der Waals surface area (Å²) >= 11 is 0. The van der Waals surface area contributed by atoms with Crippen LogP contribution in [-0.2, 0) is 21.4 Å². The number of methoxy groups -OCH3 is 4. The first-order valence-electron chi connectivity index (χ1n) is 15.8. The van der Waals surface area contributed by atoms with Crippen LogP contribution in [0.15, 0.2) is 59.0 Å². The van der Waals surface area contributed by atoms with Gasteiger partial charge >= 0.3 is 5.97 Å². The quantitative estimate of drug-likeness (QED) is 0.243. The molecular weight excluding hydrogens is 632 g/mol. The van der Waals surface area contributed by atoms with Gasteiger partial charge in [-0.2, -0.15) is 0 Å². The van der Waals surface area contributed by atoms with Gasteiger partial charge in [-0.05, 0) is 41.3 Å². The van der Waals surface area contributed by atoms with Crippen LogP contribution >= 0.6 is 0 Å². The molecular formula is C36H36N4O9. The smallest absolute Gasteiger partial charge is 0.360 e. The van der Waals surface area contributed by atoms with E-state index in [0.717, 1.165) is 22.4 Å². The van der Waals surface area contributed by atoms with Crippen molar-refractivity contribution in [2.24, 2.45) is 5.92 Å². The molecule has 0 saturated carbocycles. The van der Waals surface area contributed by atoms with Crippen molar-refractivity contribution in [2.45, 2.75) is 44.0 Å². The van der Waals surface area contributed by atoms with Gasteiger partial charge in [0.25, 0.3) is 5.91 Å². The maximum atomic E-state index is 14.1. The Hall–Kier alpha value is -5.72. The number of rotatable bonds is 7. The van der Waals surface area contributed by atoms with Gasteiger partial charge in [0.2, 0.25) is 17.5 Å². The third-order valence-electron chi connectivity index (χ3n) is 9.35. The lowest BCUT2D eigenvalue weighted by Crippen LogP contribution is -2.49. The van der Waals surface area contributed by atoms with Gasteiger partial charge in [0.15, 0.2) is 29.2 Å². The summed E-state index contributed by atoms with van der Waals surface area (Å²) in [5, 5.41) is 9.41. The molecule has 0 fully saturated rings. The molecule has 13 nitrogen and oxygen atoms in total. The van der Waals surface area contributed by atoms with Crippen molar-refractivity contribution in [3.63, 3.8) is 0 Å². The summed E-state index contributed by atoms with van der Waals surface area (Å²) in [4.78, 5) is 46.0. The standard InChI is InChI=1S/C36H36N4O9/c1-17(2)27-33-40-28(34(43)47-6)30(49-33)36-20-9-7-8-10-22(20)38-35(36)48-24-12-11-18(13-21(24)36)14-23(32(42)39-27)37-31(41)19-15-25(44-3)29(46-5)26(16-19)45-4/h7-13,15-17,23,27,35,38H,14H2,1-6H3,(H,37,41)(H,39,42)/t23-,27-,35-,36?/m0/s1. The molecule has 4 heterocycles. The van der Waals surface area contributed by atoms with Gasteiger partial charge in [-0.1, -0.05) is 44.2 Å². The Kier molecular flexibility index (Phi) is 7.84. The Labute approximate surface area is 282 Å². The highest BCUT2D eigenvalue weighted by atomic mass is 16.5. The molecule has 3 aliphatic rings. The van der Waals surface area contributed by atoms with E-state index in [1.54, 1.807) is 0 Å². The van der Waals surface area contributed by atoms with Gasteiger partial charge in [0, 0.05) is 23.2 Å². The van der Waals surface area contributed by atoms with E-state index in [-0.39, 0.29) is 35.2 Å². The molecule has 1 unspecified atom stereocenters. The van der Waals surface area contributed by atoms with Crippen LogP contribution in [0.2, 0.25) is 0 Å². The van der Waals surface area contributed by atoms with Crippen LogP contribution in [-0.4, -0.2) is 63.5 Å². The van der Waals surface area contributed by atoms with Crippen molar-refractivity contribution >= 4 is 23.5 Å². The lowest BCUT2D eigenvalue weighted by Gasteiger charge is -2.28. The van der Waals surface area contributed by atoms with Crippen LogP contribution < -0.4 is 34.9 Å². The van der Waals surface area contributed by atoms with E-state index < -0.39 is 41.5 Å². The minimum absolute atomic E-state index is 0.0192. The molecule has 1 aromatic heterocycles. The summed E-state index contributed by atoms with van der Waals surface area (Å²) in [5.74, 6) is -0.0684. The second kappa shape index (κ2) is 12.1. The zero-order valence-electron chi connectivity index (χ0n) is 27.8. The predicted octanol–water partition coefficient (Wildman–Crippen LogP) is 4.13. The number of carbonyl (C=O) groups is 3. The second-order valence-corrected chi connectivity index (χ2v) is 12.4. The fourth-order valence-electron chi connectivity index (χ4n) is 6.99. The number of benzene rings is 3. The number of nitrogens with zero attached hydrogens (tertiary/aromatic N) is 1. The number of nitrogens with one attached hydrogen (secondary N) is 3. The number of oxazole rings is 1. The summed E-state index contributed by atoms with van der Waals surface area (Å²) in [6, 6.07) is 14.5. The number of hydrogen-bond donors (Lipinski definition) is 3. The third kappa shape index (κ3) is 4.90. The molecule has 2 amide bonds. The molecule has 4 atom stereocenters. The number of anilines is 1. The second-order valence-electron chi connectivity index (χ2n) is 12.4. The van der Waals surface area contributed by atoms with E-state index in [2.05, 4.69) is 20.9 Å². The Morgan fingerprint density at radius 2 is 1.69 bits per heavy atom. The first-order chi connectivity index (χ1) is 23.6. The molecule has 0 saturated heterocycles. The Morgan fingerprint density at radius 1 is 0.959 bits per heavy atom. The van der Waals surface area contributed by atoms with Crippen molar-refractivity contribution in [2.75, 3.05) is 33.8 Å². The van der Waals surface area contributed by atoms with Crippen LogP contribution in [0.1, 0.15) is 69.1 Å². The first kappa shape index (κ1) is 31.9. The van der Waals surface area contributed by atoms with E-state index in [1.807, 2.05) is 56.3 Å². The lowest BCUT2D eigenvalue weighted by molar-refractivity contribution is -0.124. The van der Waals surface area contributed by atoms with Gasteiger partial charge in [-0.15, -0.1) is 0 Å². The van der Waals surface area contributed by atoms with E-state index in [4.69, 9.17) is 28.1 Å². The highest BCUT2D eigenvalue weighted by Crippen LogP contribution is 2.58. The average molecular weight is 669 g/mol. The molecule has 0 aliphatic carbocycles. The summed E-state index contributed by atoms with van der Waals surface area (Å²) in [6.45, 7) is 3.80. The molecule has 4 bridgehead atoms. The molecule has 49 heavy (non-hydrogen) atoms. The first-order valence-corrected chi connectivity index (χ1v) is 15.8. The zero-order chi connectivity index (χ0) is 34.6. The third-order valence-corrected chi connectivity index (χ3v) is 9.35. The van der Waals surface area contributed by atoms with Crippen molar-refractivity contribution in [3.05, 3.63) is 94.2 Å². The SMILES string of the molecule is COC(=O)c1nc2oc1C13c4ccccc4N[C@H]1Oc1ccc(cc13)C[C@H](NC(=O)c1cc(OC)c(OC)c(OC)c1)C(=O)N[C@H]2C(C)C. The van der Waals surface area contributed by atoms with Crippen LogP contribution in [0.5, 0.6) is 23.0 Å². The topological polar surface area (TPSA) is 159 Å². The van der Waals surface area contributed by atoms with Gasteiger partial charge in [0.05, 0.1) is 28.4 Å². The Balaban J connectivity index is 1.39. The minimum atomic E-state index is -1.13. The van der Waals surface area contributed by atoms with Gasteiger partial charge in [-0.25, -0.2) is 9.78 Å². The maximum Gasteiger partial charge on any atom is 0.360 e. The highest BCUT2D eigenvalue weighted by molar-refractivity contribution is 5.99. The molecule has 4 aromatic rings. The fourth-order valence-corrected chi connectivity index (χ4v) is 6.99. The number of ether oxygens (including phenoxy) is 5. The maximum absolute atomic E-state index is 14.1. The van der Waals surface area contributed by atoms with Crippen molar-refractivity contribution in [3.8, 4) is 23.0 Å². The Morgan fingerprint density at radius 3 is 2.37 bits per heavy atom. The monoisotopic (exact) mass is 668 g/mol. The van der Waals surface area contributed by atoms with Crippen LogP contribution in [0.3, 0.4) is 0 Å². The van der Waals surface area contributed by atoms with Crippen LogP contribution in [0.4, 0.5) is 5.69 Å². The molecule has 13 heteroatoms. The zero-order valence-corrected chi connectivity index (χ0v) is 27.8. The van der Waals surface area contributed by atoms with E-state index in [9.17, 15) is 14.4 Å². The van der Waals surface area contributed by atoms with E-state index in [1.165, 1.54) is 40.6 Å². The highest BCUT2D eigenvalue weighted by Gasteiger charge is 2.61. The predicted molar refractivity (Wildman–Crippen MR) is 175 cm³/mol. The number of carbonyl (C=O) groups excluding carboxylic acids is 3. The minimum Gasteiger partial charge on any atom is -0.493 e. The summed E-state index contributed by atoms with van der Waals surface area (Å²) < 4.78 is 34.6. The number of amides is 2. The number of esters is 1. The van der Waals surface area contributed by atoms with Crippen molar-refractivity contribution < 1.29 is 42.5 Å². The fraction of sp³-hybridized carbons (Fsp3) is 0.333. The summed E-state index contributed by atoms with van der Waals surface area (Å²) in [7, 11) is 5.67. The van der Waals surface area contributed by atoms with Crippen LogP contribution in [0, 0.1) is 5.92 Å². The number of aromatic nitrogens is 1. The van der Waals surface area contributed by atoms with Crippen LogP contribution in [0.25, 0.3) is 0 Å². The molecule has 3 N–H and O–H groups in total. The number of hydrogen-bond acceptors (Lipinski definition) is 11. The normalized spacial score (nSPS) is 21.5.